The minimum atomic E-state index is -0.0358. The van der Waals surface area contributed by atoms with E-state index in [1.807, 2.05) is 37.3 Å². The number of ether oxygens (including phenoxy) is 3. The van der Waals surface area contributed by atoms with Crippen LogP contribution in [0.1, 0.15) is 24.0 Å². The first kappa shape index (κ1) is 19.9. The number of aryl methyl sites for hydroxylation is 1. The highest BCUT2D eigenvalue weighted by Crippen LogP contribution is 2.24. The molecule has 0 saturated heterocycles. The summed E-state index contributed by atoms with van der Waals surface area (Å²) in [5.41, 5.74) is 1.85. The van der Waals surface area contributed by atoms with Gasteiger partial charge in [0.1, 0.15) is 17.2 Å². The Balaban J connectivity index is 1.75. The number of carbonyl (C=O) groups is 1. The molecule has 0 bridgehead atoms. The van der Waals surface area contributed by atoms with Gasteiger partial charge in [0.2, 0.25) is 5.91 Å². The van der Waals surface area contributed by atoms with Gasteiger partial charge in [0.25, 0.3) is 0 Å². The Bertz CT molecular complexity index is 749. The van der Waals surface area contributed by atoms with Gasteiger partial charge < -0.3 is 19.5 Å². The molecule has 0 heterocycles. The van der Waals surface area contributed by atoms with Gasteiger partial charge in [-0.05, 0) is 55.3 Å². The summed E-state index contributed by atoms with van der Waals surface area (Å²) in [5.74, 6) is 2.19. The van der Waals surface area contributed by atoms with Gasteiger partial charge in [0.05, 0.1) is 20.8 Å². The van der Waals surface area contributed by atoms with Crippen LogP contribution in [0.4, 0.5) is 0 Å². The Hall–Kier alpha value is -2.40. The fourth-order valence-electron chi connectivity index (χ4n) is 2.49. The number of rotatable bonds is 9. The van der Waals surface area contributed by atoms with Gasteiger partial charge in [-0.15, -0.1) is 0 Å². The number of methoxy groups -OCH3 is 2. The number of hydrogen-bond donors (Lipinski definition) is 1. The van der Waals surface area contributed by atoms with E-state index in [9.17, 15) is 4.79 Å². The Kier molecular flexibility index (Phi) is 7.60. The van der Waals surface area contributed by atoms with Crippen LogP contribution in [-0.4, -0.2) is 26.7 Å². The van der Waals surface area contributed by atoms with Gasteiger partial charge in [-0.25, -0.2) is 0 Å². The molecule has 0 aliphatic carbocycles. The van der Waals surface area contributed by atoms with E-state index in [4.69, 9.17) is 25.8 Å². The highest BCUT2D eigenvalue weighted by molar-refractivity contribution is 6.30. The molecule has 140 valence electrons. The zero-order valence-corrected chi connectivity index (χ0v) is 16.1. The molecule has 0 saturated carbocycles. The van der Waals surface area contributed by atoms with Crippen molar-refractivity contribution in [2.24, 2.45) is 0 Å². The summed E-state index contributed by atoms with van der Waals surface area (Å²) >= 11 is 5.92. The molecule has 0 aliphatic heterocycles. The van der Waals surface area contributed by atoms with Crippen molar-refractivity contribution in [1.82, 2.24) is 5.32 Å². The molecule has 0 atom stereocenters. The summed E-state index contributed by atoms with van der Waals surface area (Å²) in [7, 11) is 3.20. The highest BCUT2D eigenvalue weighted by atomic mass is 35.5. The van der Waals surface area contributed by atoms with Crippen molar-refractivity contribution in [1.29, 1.82) is 0 Å². The fourth-order valence-corrected chi connectivity index (χ4v) is 2.72. The molecule has 0 aliphatic rings. The van der Waals surface area contributed by atoms with Gasteiger partial charge in [-0.2, -0.15) is 0 Å². The van der Waals surface area contributed by atoms with Crippen LogP contribution in [0.25, 0.3) is 0 Å². The first-order valence-corrected chi connectivity index (χ1v) is 8.78. The molecule has 0 radical (unpaired) electrons. The average Bonchev–Trinajstić information content (AvgIpc) is 2.64. The molecule has 0 spiro atoms. The summed E-state index contributed by atoms with van der Waals surface area (Å²) in [6.45, 7) is 2.80. The molecule has 0 fully saturated rings. The van der Waals surface area contributed by atoms with E-state index in [-0.39, 0.29) is 5.91 Å². The standard InChI is InChI=1S/C20H24ClNO4/c1-14-11-16(21)6-8-18(14)26-10-4-5-20(23)22-13-15-12-17(24-2)7-9-19(15)25-3/h6-9,11-12H,4-5,10,13H2,1-3H3,(H,22,23). The third-order valence-corrected chi connectivity index (χ3v) is 4.14. The molecule has 1 N–H and O–H groups in total. The van der Waals surface area contributed by atoms with Gasteiger partial charge in [-0.1, -0.05) is 11.6 Å². The van der Waals surface area contributed by atoms with Crippen LogP contribution < -0.4 is 19.5 Å². The average molecular weight is 378 g/mol. The Morgan fingerprint density at radius 1 is 1.08 bits per heavy atom. The molecule has 0 unspecified atom stereocenters. The lowest BCUT2D eigenvalue weighted by atomic mass is 10.2. The van der Waals surface area contributed by atoms with Gasteiger partial charge >= 0.3 is 0 Å². The van der Waals surface area contributed by atoms with Crippen LogP contribution >= 0.6 is 11.6 Å². The second-order valence-electron chi connectivity index (χ2n) is 5.82. The van der Waals surface area contributed by atoms with Crippen LogP contribution in [0, 0.1) is 6.92 Å². The number of carbonyl (C=O) groups excluding carboxylic acids is 1. The number of halogens is 1. The SMILES string of the molecule is COc1ccc(OC)c(CNC(=O)CCCOc2ccc(Cl)cc2C)c1. The third-order valence-electron chi connectivity index (χ3n) is 3.91. The van der Waals surface area contributed by atoms with Crippen LogP contribution in [0.2, 0.25) is 5.02 Å². The van der Waals surface area contributed by atoms with E-state index in [2.05, 4.69) is 5.32 Å². The molecule has 1 amide bonds. The Labute approximate surface area is 159 Å². The molecule has 26 heavy (non-hydrogen) atoms. The van der Waals surface area contributed by atoms with E-state index in [0.29, 0.717) is 36.8 Å². The van der Waals surface area contributed by atoms with Crippen LogP contribution in [-0.2, 0) is 11.3 Å². The van der Waals surface area contributed by atoms with E-state index in [0.717, 1.165) is 22.6 Å². The van der Waals surface area contributed by atoms with Crippen molar-refractivity contribution in [2.45, 2.75) is 26.3 Å². The lowest BCUT2D eigenvalue weighted by molar-refractivity contribution is -0.121. The fraction of sp³-hybridized carbons (Fsp3) is 0.350. The summed E-state index contributed by atoms with van der Waals surface area (Å²) in [6.07, 6.45) is 1.02. The highest BCUT2D eigenvalue weighted by Gasteiger charge is 2.08. The maximum atomic E-state index is 12.0. The molecule has 2 aromatic rings. The normalized spacial score (nSPS) is 10.3. The summed E-state index contributed by atoms with van der Waals surface area (Å²) in [6, 6.07) is 11.0. The number of nitrogens with one attached hydrogen (secondary N) is 1. The zero-order valence-electron chi connectivity index (χ0n) is 15.3. The van der Waals surface area contributed by atoms with Gasteiger partial charge in [-0.3, -0.25) is 4.79 Å². The quantitative estimate of drug-likeness (QED) is 0.667. The molecular formula is C20H24ClNO4. The maximum Gasteiger partial charge on any atom is 0.220 e. The molecule has 2 rings (SSSR count). The summed E-state index contributed by atoms with van der Waals surface area (Å²) < 4.78 is 16.2. The minimum Gasteiger partial charge on any atom is -0.497 e. The second-order valence-corrected chi connectivity index (χ2v) is 6.25. The van der Waals surface area contributed by atoms with Crippen molar-refractivity contribution in [3.63, 3.8) is 0 Å². The summed E-state index contributed by atoms with van der Waals surface area (Å²) in [5, 5.41) is 3.58. The maximum absolute atomic E-state index is 12.0. The van der Waals surface area contributed by atoms with Crippen molar-refractivity contribution >= 4 is 17.5 Å². The molecule has 0 aromatic heterocycles. The van der Waals surface area contributed by atoms with Crippen molar-refractivity contribution < 1.29 is 19.0 Å². The number of amides is 1. The van der Waals surface area contributed by atoms with Crippen molar-refractivity contribution in [3.8, 4) is 17.2 Å². The lowest BCUT2D eigenvalue weighted by Gasteiger charge is -2.12. The smallest absolute Gasteiger partial charge is 0.220 e. The molecule has 5 nitrogen and oxygen atoms in total. The largest absolute Gasteiger partial charge is 0.497 e. The van der Waals surface area contributed by atoms with E-state index in [1.54, 1.807) is 20.3 Å². The predicted octanol–water partition coefficient (Wildman–Crippen LogP) is 4.14. The Morgan fingerprint density at radius 3 is 2.54 bits per heavy atom. The minimum absolute atomic E-state index is 0.0358. The number of hydrogen-bond acceptors (Lipinski definition) is 4. The van der Waals surface area contributed by atoms with Crippen LogP contribution in [0.3, 0.4) is 0 Å². The molecule has 2 aromatic carbocycles. The lowest BCUT2D eigenvalue weighted by Crippen LogP contribution is -2.23. The second kappa shape index (κ2) is 9.92. The third kappa shape index (κ3) is 5.85. The monoisotopic (exact) mass is 377 g/mol. The van der Waals surface area contributed by atoms with Crippen molar-refractivity contribution in [2.75, 3.05) is 20.8 Å². The van der Waals surface area contributed by atoms with Crippen LogP contribution in [0.15, 0.2) is 36.4 Å². The van der Waals surface area contributed by atoms with Crippen LogP contribution in [0.5, 0.6) is 17.2 Å². The molecular weight excluding hydrogens is 354 g/mol. The van der Waals surface area contributed by atoms with Gasteiger partial charge in [0.15, 0.2) is 0 Å². The first-order valence-electron chi connectivity index (χ1n) is 8.40. The van der Waals surface area contributed by atoms with E-state index >= 15 is 0 Å². The summed E-state index contributed by atoms with van der Waals surface area (Å²) in [4.78, 5) is 12.0. The topological polar surface area (TPSA) is 56.8 Å². The first-order chi connectivity index (χ1) is 12.5. The van der Waals surface area contributed by atoms with E-state index in [1.165, 1.54) is 0 Å². The zero-order chi connectivity index (χ0) is 18.9. The van der Waals surface area contributed by atoms with Crippen molar-refractivity contribution in [3.05, 3.63) is 52.5 Å². The molecule has 6 heteroatoms. The van der Waals surface area contributed by atoms with Gasteiger partial charge in [0, 0.05) is 23.6 Å². The predicted molar refractivity (Wildman–Crippen MR) is 102 cm³/mol. The number of benzene rings is 2. The Morgan fingerprint density at radius 2 is 1.85 bits per heavy atom. The van der Waals surface area contributed by atoms with E-state index < -0.39 is 0 Å².